The summed E-state index contributed by atoms with van der Waals surface area (Å²) in [6.45, 7) is 0. The highest BCUT2D eigenvalue weighted by molar-refractivity contribution is 8.23. The van der Waals surface area contributed by atoms with E-state index in [1.807, 2.05) is 36.6 Å². The number of nitro benzene ring substituents is 1. The van der Waals surface area contributed by atoms with Crippen molar-refractivity contribution >= 4 is 45.6 Å². The Kier molecular flexibility index (Phi) is 5.34. The first-order valence-corrected chi connectivity index (χ1v) is 9.34. The van der Waals surface area contributed by atoms with Crippen LogP contribution in [-0.2, 0) is 0 Å². The number of benzene rings is 2. The molecule has 1 atom stereocenters. The van der Waals surface area contributed by atoms with Crippen molar-refractivity contribution in [3.8, 4) is 0 Å². The van der Waals surface area contributed by atoms with Gasteiger partial charge in [-0.2, -0.15) is 0 Å². The normalized spacial score (nSPS) is 16.7. The summed E-state index contributed by atoms with van der Waals surface area (Å²) in [7, 11) is 0. The Balaban J connectivity index is 2.14. The van der Waals surface area contributed by atoms with Gasteiger partial charge >= 0.3 is 6.03 Å². The van der Waals surface area contributed by atoms with E-state index in [9.17, 15) is 14.9 Å². The van der Waals surface area contributed by atoms with E-state index in [1.165, 1.54) is 23.9 Å². The van der Waals surface area contributed by atoms with Crippen LogP contribution in [-0.4, -0.2) is 21.4 Å². The number of hydrogen-bond acceptors (Lipinski definition) is 5. The van der Waals surface area contributed by atoms with Crippen LogP contribution in [0.4, 0.5) is 10.5 Å². The SMILES string of the molecule is CSC(=S)C1=C(c2ccccc2)NC(=O)NC1c1ccc([N+](=O)[O-])cc1. The van der Waals surface area contributed by atoms with Crippen molar-refractivity contribution < 1.29 is 9.72 Å². The zero-order valence-electron chi connectivity index (χ0n) is 13.8. The summed E-state index contributed by atoms with van der Waals surface area (Å²) in [5.41, 5.74) is 2.99. The molecule has 0 fully saturated rings. The number of nitrogens with zero attached hydrogens (tertiary/aromatic N) is 1. The maximum atomic E-state index is 12.2. The summed E-state index contributed by atoms with van der Waals surface area (Å²) in [5.74, 6) is 0. The summed E-state index contributed by atoms with van der Waals surface area (Å²) in [6.07, 6.45) is 1.88. The predicted octanol–water partition coefficient (Wildman–Crippen LogP) is 4.05. The van der Waals surface area contributed by atoms with Gasteiger partial charge in [-0.05, 0) is 29.5 Å². The summed E-state index contributed by atoms with van der Waals surface area (Å²) >= 11 is 6.95. The van der Waals surface area contributed by atoms with E-state index in [1.54, 1.807) is 12.1 Å². The Morgan fingerprint density at radius 2 is 1.81 bits per heavy atom. The number of hydrogen-bond donors (Lipinski definition) is 2. The van der Waals surface area contributed by atoms with Gasteiger partial charge in [0.2, 0.25) is 0 Å². The fraction of sp³-hybridized carbons (Fsp3) is 0.111. The second kappa shape index (κ2) is 7.67. The van der Waals surface area contributed by atoms with Gasteiger partial charge in [-0.15, -0.1) is 11.8 Å². The molecule has 0 radical (unpaired) electrons. The van der Waals surface area contributed by atoms with Gasteiger partial charge in [-0.3, -0.25) is 10.1 Å². The molecule has 1 aliphatic heterocycles. The molecule has 0 spiro atoms. The highest BCUT2D eigenvalue weighted by Gasteiger charge is 2.31. The maximum Gasteiger partial charge on any atom is 0.320 e. The lowest BCUT2D eigenvalue weighted by molar-refractivity contribution is -0.384. The molecule has 0 bridgehead atoms. The number of non-ortho nitro benzene ring substituents is 1. The molecular weight excluding hydrogens is 370 g/mol. The number of nitro groups is 1. The molecule has 1 unspecified atom stereocenters. The van der Waals surface area contributed by atoms with E-state index in [4.69, 9.17) is 12.2 Å². The van der Waals surface area contributed by atoms with E-state index in [2.05, 4.69) is 10.6 Å². The fourth-order valence-electron chi connectivity index (χ4n) is 2.77. The third-order valence-electron chi connectivity index (χ3n) is 3.98. The monoisotopic (exact) mass is 385 g/mol. The fourth-order valence-corrected chi connectivity index (χ4v) is 3.43. The molecular formula is C18H15N3O3S2. The Bertz CT molecular complexity index is 896. The first kappa shape index (κ1) is 18.1. The zero-order chi connectivity index (χ0) is 18.7. The van der Waals surface area contributed by atoms with Crippen molar-refractivity contribution in [1.82, 2.24) is 10.6 Å². The third kappa shape index (κ3) is 3.61. The van der Waals surface area contributed by atoms with Crippen LogP contribution in [0.15, 0.2) is 60.2 Å². The number of thiocarbonyl (C=S) groups is 1. The van der Waals surface area contributed by atoms with E-state index < -0.39 is 11.0 Å². The summed E-state index contributed by atoms with van der Waals surface area (Å²) in [6, 6.07) is 14.8. The van der Waals surface area contributed by atoms with E-state index in [0.717, 1.165) is 16.7 Å². The summed E-state index contributed by atoms with van der Waals surface area (Å²) in [4.78, 5) is 22.7. The van der Waals surface area contributed by atoms with Crippen molar-refractivity contribution in [2.24, 2.45) is 0 Å². The molecule has 132 valence electrons. The average Bonchev–Trinajstić information content (AvgIpc) is 2.67. The van der Waals surface area contributed by atoms with Crippen LogP contribution >= 0.6 is 24.0 Å². The van der Waals surface area contributed by atoms with Crippen LogP contribution in [0, 0.1) is 10.1 Å². The van der Waals surface area contributed by atoms with Gasteiger partial charge in [0.25, 0.3) is 5.69 Å². The number of rotatable bonds is 4. The first-order chi connectivity index (χ1) is 12.5. The number of carbonyl (C=O) groups excluding carboxylic acids is 1. The van der Waals surface area contributed by atoms with Crippen LogP contribution in [0.25, 0.3) is 5.70 Å². The van der Waals surface area contributed by atoms with Crippen LogP contribution in [0.1, 0.15) is 17.2 Å². The smallest absolute Gasteiger partial charge is 0.320 e. The highest BCUT2D eigenvalue weighted by atomic mass is 32.2. The average molecular weight is 385 g/mol. The second-order valence-corrected chi connectivity index (χ2v) is 7.01. The first-order valence-electron chi connectivity index (χ1n) is 7.71. The van der Waals surface area contributed by atoms with Gasteiger partial charge in [-0.25, -0.2) is 4.79 Å². The third-order valence-corrected chi connectivity index (χ3v) is 5.29. The van der Waals surface area contributed by atoms with E-state index >= 15 is 0 Å². The predicted molar refractivity (Wildman–Crippen MR) is 107 cm³/mol. The molecule has 1 aliphatic rings. The Morgan fingerprint density at radius 3 is 2.38 bits per heavy atom. The minimum absolute atomic E-state index is 0.00438. The number of carbonyl (C=O) groups is 1. The van der Waals surface area contributed by atoms with Crippen LogP contribution in [0.5, 0.6) is 0 Å². The molecule has 2 aromatic carbocycles. The Hall–Kier alpha value is -2.71. The van der Waals surface area contributed by atoms with Gasteiger partial charge in [0, 0.05) is 17.7 Å². The van der Waals surface area contributed by atoms with Crippen molar-refractivity contribution in [1.29, 1.82) is 0 Å². The molecule has 0 aliphatic carbocycles. The lowest BCUT2D eigenvalue weighted by Crippen LogP contribution is -2.44. The minimum atomic E-state index is -0.486. The van der Waals surface area contributed by atoms with E-state index in [-0.39, 0.29) is 11.7 Å². The van der Waals surface area contributed by atoms with Crippen molar-refractivity contribution in [3.63, 3.8) is 0 Å². The van der Waals surface area contributed by atoms with Crippen molar-refractivity contribution in [2.45, 2.75) is 6.04 Å². The van der Waals surface area contributed by atoms with Gasteiger partial charge in [0.15, 0.2) is 0 Å². The lowest BCUT2D eigenvalue weighted by atomic mass is 9.93. The van der Waals surface area contributed by atoms with Crippen LogP contribution in [0.2, 0.25) is 0 Å². The molecule has 0 saturated heterocycles. The van der Waals surface area contributed by atoms with Gasteiger partial charge < -0.3 is 10.6 Å². The number of nitrogens with one attached hydrogen (secondary N) is 2. The Labute approximate surface area is 159 Å². The van der Waals surface area contributed by atoms with E-state index in [0.29, 0.717) is 9.89 Å². The van der Waals surface area contributed by atoms with Crippen LogP contribution in [0.3, 0.4) is 0 Å². The molecule has 2 aromatic rings. The topological polar surface area (TPSA) is 84.3 Å². The number of amides is 2. The molecule has 2 N–H and O–H groups in total. The standard InChI is InChI=1S/C18H15N3O3S2/c1-26-17(25)14-15(11-5-3-2-4-6-11)19-18(22)20-16(14)12-7-9-13(10-8-12)21(23)24/h2-10,16H,1H3,(H2,19,20,22). The molecule has 2 amide bonds. The number of thioether (sulfide) groups is 1. The van der Waals surface area contributed by atoms with Gasteiger partial charge in [0.05, 0.1) is 20.9 Å². The van der Waals surface area contributed by atoms with Crippen LogP contribution < -0.4 is 10.6 Å². The maximum absolute atomic E-state index is 12.2. The molecule has 6 nitrogen and oxygen atoms in total. The lowest BCUT2D eigenvalue weighted by Gasteiger charge is -2.30. The molecule has 26 heavy (non-hydrogen) atoms. The molecule has 8 heteroatoms. The largest absolute Gasteiger partial charge is 0.327 e. The van der Waals surface area contributed by atoms with Gasteiger partial charge in [-0.1, -0.05) is 42.5 Å². The number of urea groups is 1. The molecule has 1 heterocycles. The molecule has 3 rings (SSSR count). The zero-order valence-corrected chi connectivity index (χ0v) is 15.4. The highest BCUT2D eigenvalue weighted by Crippen LogP contribution is 2.34. The second-order valence-electron chi connectivity index (χ2n) is 5.53. The summed E-state index contributed by atoms with van der Waals surface area (Å²) < 4.78 is 0.639. The minimum Gasteiger partial charge on any atom is -0.327 e. The molecule has 0 aromatic heterocycles. The van der Waals surface area contributed by atoms with Crippen molar-refractivity contribution in [3.05, 3.63) is 81.4 Å². The quantitative estimate of drug-likeness (QED) is 0.471. The van der Waals surface area contributed by atoms with Crippen molar-refractivity contribution in [2.75, 3.05) is 6.26 Å². The van der Waals surface area contributed by atoms with Gasteiger partial charge in [0.1, 0.15) is 0 Å². The Morgan fingerprint density at radius 1 is 1.15 bits per heavy atom. The molecule has 0 saturated carbocycles. The summed E-state index contributed by atoms with van der Waals surface area (Å²) in [5, 5.41) is 16.6.